The largest absolute Gasteiger partial charge is 0.383 e. The SMILES string of the molecule is CCNc1nc(C)cc(N(CCOC)C(C)C)n1. The summed E-state index contributed by atoms with van der Waals surface area (Å²) in [6, 6.07) is 2.39. The van der Waals surface area contributed by atoms with E-state index in [1.54, 1.807) is 7.11 Å². The third-order valence-corrected chi connectivity index (χ3v) is 2.63. The van der Waals surface area contributed by atoms with Gasteiger partial charge in [0.1, 0.15) is 5.82 Å². The van der Waals surface area contributed by atoms with Crippen molar-refractivity contribution in [3.05, 3.63) is 11.8 Å². The van der Waals surface area contributed by atoms with Crippen molar-refractivity contribution in [1.82, 2.24) is 9.97 Å². The van der Waals surface area contributed by atoms with Gasteiger partial charge in [0.2, 0.25) is 5.95 Å². The summed E-state index contributed by atoms with van der Waals surface area (Å²) in [7, 11) is 1.72. The average Bonchev–Trinajstić information content (AvgIpc) is 2.28. The third kappa shape index (κ3) is 4.14. The average molecular weight is 252 g/mol. The standard InChI is InChI=1S/C13H24N4O/c1-6-14-13-15-11(4)9-12(16-13)17(10(2)3)7-8-18-5/h9-10H,6-8H2,1-5H3,(H,14,15,16). The number of aromatic nitrogens is 2. The zero-order chi connectivity index (χ0) is 13.5. The Kier molecular flexibility index (Phi) is 5.85. The summed E-state index contributed by atoms with van der Waals surface area (Å²) < 4.78 is 5.15. The highest BCUT2D eigenvalue weighted by Gasteiger charge is 2.13. The molecule has 1 N–H and O–H groups in total. The summed E-state index contributed by atoms with van der Waals surface area (Å²) in [5.41, 5.74) is 0.971. The minimum atomic E-state index is 0.379. The van der Waals surface area contributed by atoms with Gasteiger partial charge in [0.15, 0.2) is 0 Å². The van der Waals surface area contributed by atoms with Crippen LogP contribution in [0.4, 0.5) is 11.8 Å². The molecule has 1 aromatic rings. The second kappa shape index (κ2) is 7.16. The number of methoxy groups -OCH3 is 1. The Morgan fingerprint density at radius 2 is 2.11 bits per heavy atom. The first-order chi connectivity index (χ1) is 8.58. The summed E-state index contributed by atoms with van der Waals surface area (Å²) in [5, 5.41) is 3.16. The molecular formula is C13H24N4O. The van der Waals surface area contributed by atoms with E-state index < -0.39 is 0 Å². The highest BCUT2D eigenvalue weighted by atomic mass is 16.5. The van der Waals surface area contributed by atoms with Gasteiger partial charge in [-0.2, -0.15) is 4.98 Å². The zero-order valence-electron chi connectivity index (χ0n) is 12.0. The highest BCUT2D eigenvalue weighted by molar-refractivity contribution is 5.45. The lowest BCUT2D eigenvalue weighted by Crippen LogP contribution is -2.34. The van der Waals surface area contributed by atoms with Crippen LogP contribution in [0.1, 0.15) is 26.5 Å². The van der Waals surface area contributed by atoms with E-state index in [9.17, 15) is 0 Å². The maximum atomic E-state index is 5.15. The molecule has 0 amide bonds. The first kappa shape index (κ1) is 14.7. The van der Waals surface area contributed by atoms with Crippen LogP contribution in [0.3, 0.4) is 0 Å². The molecule has 1 heterocycles. The smallest absolute Gasteiger partial charge is 0.224 e. The normalized spacial score (nSPS) is 10.8. The number of ether oxygens (including phenoxy) is 1. The predicted octanol–water partition coefficient (Wildman–Crippen LogP) is 2.08. The first-order valence-corrected chi connectivity index (χ1v) is 6.43. The molecule has 0 fully saturated rings. The zero-order valence-corrected chi connectivity index (χ0v) is 12.0. The fourth-order valence-electron chi connectivity index (χ4n) is 1.76. The lowest BCUT2D eigenvalue weighted by Gasteiger charge is -2.28. The van der Waals surface area contributed by atoms with Gasteiger partial charge in [0.25, 0.3) is 0 Å². The van der Waals surface area contributed by atoms with Crippen molar-refractivity contribution in [3.63, 3.8) is 0 Å². The van der Waals surface area contributed by atoms with Crippen LogP contribution in [0.2, 0.25) is 0 Å². The molecule has 0 aromatic carbocycles. The quantitative estimate of drug-likeness (QED) is 0.805. The lowest BCUT2D eigenvalue weighted by molar-refractivity contribution is 0.203. The van der Waals surface area contributed by atoms with Crippen LogP contribution in [0.15, 0.2) is 6.07 Å². The van der Waals surface area contributed by atoms with E-state index >= 15 is 0 Å². The van der Waals surface area contributed by atoms with Crippen molar-refractivity contribution < 1.29 is 4.74 Å². The van der Waals surface area contributed by atoms with Crippen molar-refractivity contribution in [2.45, 2.75) is 33.7 Å². The molecule has 0 bridgehead atoms. The van der Waals surface area contributed by atoms with Crippen LogP contribution >= 0.6 is 0 Å². The monoisotopic (exact) mass is 252 g/mol. The molecule has 0 atom stereocenters. The number of hydrogen-bond acceptors (Lipinski definition) is 5. The third-order valence-electron chi connectivity index (χ3n) is 2.63. The van der Waals surface area contributed by atoms with Crippen LogP contribution in [-0.4, -0.2) is 42.8 Å². The number of nitrogens with zero attached hydrogens (tertiary/aromatic N) is 3. The Hall–Kier alpha value is -1.36. The molecule has 0 saturated heterocycles. The molecule has 0 unspecified atom stereocenters. The van der Waals surface area contributed by atoms with Crippen LogP contribution in [-0.2, 0) is 4.74 Å². The summed E-state index contributed by atoms with van der Waals surface area (Å²) in [5.74, 6) is 1.64. The van der Waals surface area contributed by atoms with Gasteiger partial charge in [-0.15, -0.1) is 0 Å². The van der Waals surface area contributed by atoms with Gasteiger partial charge in [-0.25, -0.2) is 4.98 Å². The summed E-state index contributed by atoms with van der Waals surface area (Å²) in [6.45, 7) is 10.7. The molecule has 0 saturated carbocycles. The Balaban J connectivity index is 2.95. The number of aryl methyl sites for hydroxylation is 1. The lowest BCUT2D eigenvalue weighted by atomic mass is 10.3. The predicted molar refractivity (Wildman–Crippen MR) is 75.3 cm³/mol. The van der Waals surface area contributed by atoms with Gasteiger partial charge in [0, 0.05) is 38.0 Å². The number of rotatable bonds is 7. The molecule has 0 aliphatic carbocycles. The van der Waals surface area contributed by atoms with Gasteiger partial charge in [-0.1, -0.05) is 0 Å². The van der Waals surface area contributed by atoms with E-state index in [1.165, 1.54) is 0 Å². The van der Waals surface area contributed by atoms with Crippen molar-refractivity contribution in [3.8, 4) is 0 Å². The van der Waals surface area contributed by atoms with E-state index in [4.69, 9.17) is 4.74 Å². The van der Waals surface area contributed by atoms with E-state index in [-0.39, 0.29) is 0 Å². The van der Waals surface area contributed by atoms with Crippen LogP contribution in [0.25, 0.3) is 0 Å². The maximum Gasteiger partial charge on any atom is 0.224 e. The second-order valence-electron chi connectivity index (χ2n) is 4.50. The van der Waals surface area contributed by atoms with Crippen LogP contribution < -0.4 is 10.2 Å². The molecule has 5 heteroatoms. The second-order valence-corrected chi connectivity index (χ2v) is 4.50. The minimum absolute atomic E-state index is 0.379. The van der Waals surface area contributed by atoms with Crippen molar-refractivity contribution >= 4 is 11.8 Å². The molecule has 102 valence electrons. The Morgan fingerprint density at radius 1 is 1.39 bits per heavy atom. The van der Waals surface area contributed by atoms with E-state index in [0.717, 1.165) is 24.6 Å². The van der Waals surface area contributed by atoms with Gasteiger partial charge >= 0.3 is 0 Å². The van der Waals surface area contributed by atoms with Crippen molar-refractivity contribution in [2.75, 3.05) is 37.0 Å². The van der Waals surface area contributed by atoms with Gasteiger partial charge < -0.3 is 15.0 Å². The summed E-state index contributed by atoms with van der Waals surface area (Å²) >= 11 is 0. The van der Waals surface area contributed by atoms with E-state index in [2.05, 4.69) is 34.0 Å². The van der Waals surface area contributed by atoms with Crippen LogP contribution in [0, 0.1) is 6.92 Å². The molecule has 0 spiro atoms. The molecule has 0 aliphatic heterocycles. The Labute approximate surface area is 110 Å². The number of nitrogens with one attached hydrogen (secondary N) is 1. The number of hydrogen-bond donors (Lipinski definition) is 1. The van der Waals surface area contributed by atoms with Crippen molar-refractivity contribution in [1.29, 1.82) is 0 Å². The van der Waals surface area contributed by atoms with Gasteiger partial charge in [-0.05, 0) is 27.7 Å². The molecule has 0 radical (unpaired) electrons. The molecule has 5 nitrogen and oxygen atoms in total. The molecule has 1 rings (SSSR count). The Morgan fingerprint density at radius 3 is 2.67 bits per heavy atom. The highest BCUT2D eigenvalue weighted by Crippen LogP contribution is 2.17. The summed E-state index contributed by atoms with van der Waals surface area (Å²) in [4.78, 5) is 11.1. The molecule has 18 heavy (non-hydrogen) atoms. The molecule has 0 aliphatic rings. The maximum absolute atomic E-state index is 5.15. The topological polar surface area (TPSA) is 50.3 Å². The Bertz CT molecular complexity index is 368. The van der Waals surface area contributed by atoms with E-state index in [0.29, 0.717) is 18.6 Å². The fraction of sp³-hybridized carbons (Fsp3) is 0.692. The van der Waals surface area contributed by atoms with Crippen LogP contribution in [0.5, 0.6) is 0 Å². The van der Waals surface area contributed by atoms with E-state index in [1.807, 2.05) is 19.9 Å². The fourth-order valence-corrected chi connectivity index (χ4v) is 1.76. The number of anilines is 2. The summed E-state index contributed by atoms with van der Waals surface area (Å²) in [6.07, 6.45) is 0. The molecular weight excluding hydrogens is 228 g/mol. The van der Waals surface area contributed by atoms with Gasteiger partial charge in [0.05, 0.1) is 6.61 Å². The van der Waals surface area contributed by atoms with Gasteiger partial charge in [-0.3, -0.25) is 0 Å². The molecule has 1 aromatic heterocycles. The first-order valence-electron chi connectivity index (χ1n) is 6.43. The minimum Gasteiger partial charge on any atom is -0.383 e. The van der Waals surface area contributed by atoms with Crippen molar-refractivity contribution in [2.24, 2.45) is 0 Å².